The summed E-state index contributed by atoms with van der Waals surface area (Å²) in [6.45, 7) is 2.03. The number of rotatable bonds is 2. The fourth-order valence-electron chi connectivity index (χ4n) is 1.38. The average Bonchev–Trinajstić information content (AvgIpc) is 2.56. The third-order valence-electron chi connectivity index (χ3n) is 2.24. The van der Waals surface area contributed by atoms with Gasteiger partial charge in [-0.3, -0.25) is 5.10 Å². The zero-order valence-corrected chi connectivity index (χ0v) is 8.67. The van der Waals surface area contributed by atoms with Gasteiger partial charge in [0.05, 0.1) is 6.20 Å². The molecule has 0 bridgehead atoms. The maximum Gasteiger partial charge on any atom is 0.0525 e. The van der Waals surface area contributed by atoms with E-state index < -0.39 is 0 Å². The van der Waals surface area contributed by atoms with E-state index in [1.807, 2.05) is 37.4 Å². The highest BCUT2D eigenvalue weighted by Crippen LogP contribution is 2.14. The Morgan fingerprint density at radius 1 is 1.29 bits per heavy atom. The largest absolute Gasteiger partial charge is 0.283 e. The highest BCUT2D eigenvalue weighted by Gasteiger charge is 2.01. The molecule has 0 spiro atoms. The smallest absolute Gasteiger partial charge is 0.0525 e. The zero-order chi connectivity index (χ0) is 9.97. The Morgan fingerprint density at radius 3 is 2.57 bits per heavy atom. The first kappa shape index (κ1) is 9.28. The molecule has 3 heteroatoms. The average molecular weight is 207 g/mol. The van der Waals surface area contributed by atoms with Crippen molar-refractivity contribution >= 4 is 11.6 Å². The summed E-state index contributed by atoms with van der Waals surface area (Å²) in [6.07, 6.45) is 2.77. The van der Waals surface area contributed by atoms with E-state index in [1.165, 1.54) is 11.1 Å². The van der Waals surface area contributed by atoms with Gasteiger partial charge in [0.2, 0.25) is 0 Å². The number of hydrogen-bond acceptors (Lipinski definition) is 1. The molecule has 0 unspecified atom stereocenters. The molecule has 2 nitrogen and oxygen atoms in total. The van der Waals surface area contributed by atoms with Crippen LogP contribution in [0.2, 0.25) is 5.02 Å². The van der Waals surface area contributed by atoms with Gasteiger partial charge in [0.15, 0.2) is 0 Å². The van der Waals surface area contributed by atoms with Crippen molar-refractivity contribution in [2.45, 2.75) is 13.3 Å². The summed E-state index contributed by atoms with van der Waals surface area (Å²) in [6, 6.07) is 7.89. The molecule has 0 aliphatic carbocycles. The number of hydrogen-bond donors (Lipinski definition) is 1. The molecule has 72 valence electrons. The number of nitrogens with one attached hydrogen (secondary N) is 1. The van der Waals surface area contributed by atoms with Crippen molar-refractivity contribution in [2.24, 2.45) is 0 Å². The fraction of sp³-hybridized carbons (Fsp3) is 0.182. The van der Waals surface area contributed by atoms with E-state index in [0.29, 0.717) is 0 Å². The quantitative estimate of drug-likeness (QED) is 0.804. The van der Waals surface area contributed by atoms with Crippen LogP contribution in [-0.4, -0.2) is 10.2 Å². The number of H-pyrrole nitrogens is 1. The van der Waals surface area contributed by atoms with Gasteiger partial charge in [-0.25, -0.2) is 0 Å². The Morgan fingerprint density at radius 2 is 2.00 bits per heavy atom. The van der Waals surface area contributed by atoms with Gasteiger partial charge in [0.25, 0.3) is 0 Å². The minimum Gasteiger partial charge on any atom is -0.283 e. The third-order valence-corrected chi connectivity index (χ3v) is 2.49. The van der Waals surface area contributed by atoms with Gasteiger partial charge in [0.1, 0.15) is 0 Å². The molecule has 0 amide bonds. The number of aryl methyl sites for hydroxylation is 1. The standard InChI is InChI=1S/C11H11ClN2/c1-8-10(7-13-14-8)6-9-2-4-11(12)5-3-9/h2-5,7H,6H2,1H3,(H,13,14). The molecule has 14 heavy (non-hydrogen) atoms. The van der Waals surface area contributed by atoms with E-state index in [4.69, 9.17) is 11.6 Å². The SMILES string of the molecule is Cc1[nH]ncc1Cc1ccc(Cl)cc1. The molecule has 0 atom stereocenters. The van der Waals surface area contributed by atoms with Gasteiger partial charge in [-0.15, -0.1) is 0 Å². The van der Waals surface area contributed by atoms with Crippen LogP contribution in [0.5, 0.6) is 0 Å². The van der Waals surface area contributed by atoms with Crippen molar-refractivity contribution in [3.63, 3.8) is 0 Å². The van der Waals surface area contributed by atoms with Gasteiger partial charge >= 0.3 is 0 Å². The molecule has 0 saturated carbocycles. The summed E-state index contributed by atoms with van der Waals surface area (Å²) in [5, 5.41) is 7.68. The lowest BCUT2D eigenvalue weighted by Crippen LogP contribution is -1.88. The second kappa shape index (κ2) is 3.84. The number of aromatic nitrogens is 2. The molecule has 1 aromatic heterocycles. The molecule has 0 aliphatic rings. The van der Waals surface area contributed by atoms with Crippen molar-refractivity contribution < 1.29 is 0 Å². The second-order valence-corrected chi connectivity index (χ2v) is 3.76. The summed E-state index contributed by atoms with van der Waals surface area (Å²) >= 11 is 5.81. The number of aromatic amines is 1. The Labute approximate surface area is 87.9 Å². The predicted octanol–water partition coefficient (Wildman–Crippen LogP) is 2.96. The molecule has 0 radical (unpaired) electrons. The molecular weight excluding hydrogens is 196 g/mol. The van der Waals surface area contributed by atoms with Crippen LogP contribution < -0.4 is 0 Å². The second-order valence-electron chi connectivity index (χ2n) is 3.32. The maximum atomic E-state index is 5.81. The van der Waals surface area contributed by atoms with Crippen LogP contribution >= 0.6 is 11.6 Å². The highest BCUT2D eigenvalue weighted by atomic mass is 35.5. The summed E-state index contributed by atoms with van der Waals surface area (Å²) in [7, 11) is 0. The molecule has 0 aliphatic heterocycles. The van der Waals surface area contributed by atoms with E-state index in [-0.39, 0.29) is 0 Å². The minimum atomic E-state index is 0.776. The Hall–Kier alpha value is -1.28. The monoisotopic (exact) mass is 206 g/mol. The van der Waals surface area contributed by atoms with Gasteiger partial charge < -0.3 is 0 Å². The summed E-state index contributed by atoms with van der Waals surface area (Å²) in [4.78, 5) is 0. The molecule has 0 fully saturated rings. The van der Waals surface area contributed by atoms with Crippen LogP contribution in [0.25, 0.3) is 0 Å². The molecule has 1 aromatic carbocycles. The molecule has 2 aromatic rings. The van der Waals surface area contributed by atoms with Crippen LogP contribution in [0, 0.1) is 6.92 Å². The lowest BCUT2D eigenvalue weighted by molar-refractivity contribution is 1.04. The van der Waals surface area contributed by atoms with E-state index in [0.717, 1.165) is 17.1 Å². The van der Waals surface area contributed by atoms with Crippen LogP contribution in [0.4, 0.5) is 0 Å². The zero-order valence-electron chi connectivity index (χ0n) is 7.92. The number of benzene rings is 1. The van der Waals surface area contributed by atoms with Crippen molar-refractivity contribution in [3.05, 3.63) is 52.3 Å². The molecule has 1 N–H and O–H groups in total. The number of halogens is 1. The van der Waals surface area contributed by atoms with E-state index >= 15 is 0 Å². The molecule has 0 saturated heterocycles. The van der Waals surface area contributed by atoms with Crippen molar-refractivity contribution in [1.29, 1.82) is 0 Å². The first-order valence-corrected chi connectivity index (χ1v) is 4.87. The third kappa shape index (κ3) is 1.96. The van der Waals surface area contributed by atoms with Crippen LogP contribution in [0.3, 0.4) is 0 Å². The van der Waals surface area contributed by atoms with E-state index in [1.54, 1.807) is 0 Å². The summed E-state index contributed by atoms with van der Waals surface area (Å²) < 4.78 is 0. The molecular formula is C11H11ClN2. The highest BCUT2D eigenvalue weighted by molar-refractivity contribution is 6.30. The van der Waals surface area contributed by atoms with E-state index in [2.05, 4.69) is 10.2 Å². The van der Waals surface area contributed by atoms with Crippen LogP contribution in [-0.2, 0) is 6.42 Å². The lowest BCUT2D eigenvalue weighted by Gasteiger charge is -1.99. The topological polar surface area (TPSA) is 28.7 Å². The summed E-state index contributed by atoms with van der Waals surface area (Å²) in [5.41, 5.74) is 3.60. The van der Waals surface area contributed by atoms with Gasteiger partial charge in [-0.1, -0.05) is 23.7 Å². The van der Waals surface area contributed by atoms with Gasteiger partial charge in [-0.05, 0) is 30.2 Å². The van der Waals surface area contributed by atoms with Crippen molar-refractivity contribution in [1.82, 2.24) is 10.2 Å². The van der Waals surface area contributed by atoms with Crippen LogP contribution in [0.15, 0.2) is 30.5 Å². The van der Waals surface area contributed by atoms with Gasteiger partial charge in [0, 0.05) is 17.1 Å². The normalized spacial score (nSPS) is 10.4. The predicted molar refractivity (Wildman–Crippen MR) is 57.6 cm³/mol. The Kier molecular flexibility index (Phi) is 2.55. The van der Waals surface area contributed by atoms with Crippen molar-refractivity contribution in [2.75, 3.05) is 0 Å². The van der Waals surface area contributed by atoms with Gasteiger partial charge in [-0.2, -0.15) is 5.10 Å². The fourth-order valence-corrected chi connectivity index (χ4v) is 1.50. The van der Waals surface area contributed by atoms with Crippen molar-refractivity contribution in [3.8, 4) is 0 Å². The van der Waals surface area contributed by atoms with E-state index in [9.17, 15) is 0 Å². The maximum absolute atomic E-state index is 5.81. The molecule has 2 rings (SSSR count). The summed E-state index contributed by atoms with van der Waals surface area (Å²) in [5.74, 6) is 0. The molecule has 1 heterocycles. The first-order valence-electron chi connectivity index (χ1n) is 4.49. The van der Waals surface area contributed by atoms with Crippen LogP contribution in [0.1, 0.15) is 16.8 Å². The lowest BCUT2D eigenvalue weighted by atomic mass is 10.1. The number of nitrogens with zero attached hydrogens (tertiary/aromatic N) is 1. The Bertz CT molecular complexity index is 417. The Balaban J connectivity index is 2.19. The minimum absolute atomic E-state index is 0.776. The first-order chi connectivity index (χ1) is 6.75.